The number of hydrogen-bond acceptors (Lipinski definition) is 6. The lowest BCUT2D eigenvalue weighted by atomic mass is 10.2. The lowest BCUT2D eigenvalue weighted by Gasteiger charge is -2.13. The van der Waals surface area contributed by atoms with Gasteiger partial charge < -0.3 is 15.4 Å². The molecule has 0 unspecified atom stereocenters. The van der Waals surface area contributed by atoms with Gasteiger partial charge in [-0.3, -0.25) is 10.1 Å². The molecule has 9 nitrogen and oxygen atoms in total. The number of urea groups is 1. The van der Waals surface area contributed by atoms with Crippen LogP contribution in [0.5, 0.6) is 5.75 Å². The fourth-order valence-electron chi connectivity index (χ4n) is 3.07. The number of non-ortho nitro benzene ring substituents is 1. The Morgan fingerprint density at radius 2 is 1.76 bits per heavy atom. The Bertz CT molecular complexity index is 1310. The summed E-state index contributed by atoms with van der Waals surface area (Å²) in [6.07, 6.45) is 0. The summed E-state index contributed by atoms with van der Waals surface area (Å²) in [5.41, 5.74) is 1.40. The fourth-order valence-corrected chi connectivity index (χ4v) is 4.85. The predicted molar refractivity (Wildman–Crippen MR) is 126 cm³/mol. The van der Waals surface area contributed by atoms with Crippen molar-refractivity contribution < 1.29 is 22.9 Å². The van der Waals surface area contributed by atoms with Crippen molar-refractivity contribution in [2.75, 3.05) is 17.7 Å². The summed E-state index contributed by atoms with van der Waals surface area (Å²) in [5, 5.41) is 16.5. The number of aryl methyl sites for hydroxylation is 1. The SMILES string of the molecule is COc1cc([N+](=O)[O-])ccc1NC(=O)Nc1ccc(C)c(S(=O)(=O)Cc2ccc(Cl)cc2)c1. The van der Waals surface area contributed by atoms with Crippen molar-refractivity contribution in [2.45, 2.75) is 17.6 Å². The van der Waals surface area contributed by atoms with Gasteiger partial charge in [0.25, 0.3) is 5.69 Å². The molecule has 0 aliphatic heterocycles. The van der Waals surface area contributed by atoms with E-state index in [4.69, 9.17) is 16.3 Å². The number of nitrogens with one attached hydrogen (secondary N) is 2. The Labute approximate surface area is 195 Å². The van der Waals surface area contributed by atoms with E-state index in [1.807, 2.05) is 0 Å². The van der Waals surface area contributed by atoms with Crippen LogP contribution in [0.1, 0.15) is 11.1 Å². The highest BCUT2D eigenvalue weighted by Gasteiger charge is 2.19. The first-order valence-electron chi connectivity index (χ1n) is 9.57. The maximum atomic E-state index is 13.0. The average molecular weight is 490 g/mol. The molecule has 0 aliphatic rings. The average Bonchev–Trinajstić information content (AvgIpc) is 2.76. The summed E-state index contributed by atoms with van der Waals surface area (Å²) in [6.45, 7) is 1.67. The van der Waals surface area contributed by atoms with Crippen LogP contribution in [0.4, 0.5) is 21.9 Å². The summed E-state index contributed by atoms with van der Waals surface area (Å²) in [4.78, 5) is 22.9. The van der Waals surface area contributed by atoms with Crippen LogP contribution < -0.4 is 15.4 Å². The maximum absolute atomic E-state index is 13.0. The molecule has 172 valence electrons. The van der Waals surface area contributed by atoms with Gasteiger partial charge in [0.15, 0.2) is 9.84 Å². The number of carbonyl (C=O) groups is 1. The van der Waals surface area contributed by atoms with Crippen LogP contribution in [0.2, 0.25) is 5.02 Å². The molecule has 11 heteroatoms. The van der Waals surface area contributed by atoms with E-state index < -0.39 is 20.8 Å². The Kier molecular flexibility index (Phi) is 7.19. The normalized spacial score (nSPS) is 11.0. The minimum atomic E-state index is -3.70. The van der Waals surface area contributed by atoms with Crippen molar-refractivity contribution >= 4 is 44.5 Å². The van der Waals surface area contributed by atoms with E-state index in [0.29, 0.717) is 16.1 Å². The van der Waals surface area contributed by atoms with Crippen molar-refractivity contribution in [1.82, 2.24) is 0 Å². The molecule has 33 heavy (non-hydrogen) atoms. The second kappa shape index (κ2) is 9.88. The molecule has 0 spiro atoms. The van der Waals surface area contributed by atoms with Gasteiger partial charge in [0.05, 0.1) is 34.4 Å². The zero-order valence-electron chi connectivity index (χ0n) is 17.7. The molecule has 0 aliphatic carbocycles. The first-order chi connectivity index (χ1) is 15.6. The van der Waals surface area contributed by atoms with Crippen LogP contribution in [0.15, 0.2) is 65.6 Å². The molecule has 0 bridgehead atoms. The Morgan fingerprint density at radius 1 is 1.06 bits per heavy atom. The molecule has 3 aromatic rings. The first-order valence-corrected chi connectivity index (χ1v) is 11.6. The highest BCUT2D eigenvalue weighted by atomic mass is 35.5. The van der Waals surface area contributed by atoms with E-state index in [9.17, 15) is 23.3 Å². The van der Waals surface area contributed by atoms with Gasteiger partial charge in [-0.1, -0.05) is 29.8 Å². The number of carbonyl (C=O) groups excluding carboxylic acids is 1. The van der Waals surface area contributed by atoms with Crippen LogP contribution in [-0.2, 0) is 15.6 Å². The fraction of sp³-hybridized carbons (Fsp3) is 0.136. The summed E-state index contributed by atoms with van der Waals surface area (Å²) in [7, 11) is -2.38. The number of nitro benzene ring substituents is 1. The lowest BCUT2D eigenvalue weighted by molar-refractivity contribution is -0.384. The Hall–Kier alpha value is -3.63. The molecule has 0 radical (unpaired) electrons. The number of nitrogens with zero attached hydrogens (tertiary/aromatic N) is 1. The first kappa shape index (κ1) is 24.0. The topological polar surface area (TPSA) is 128 Å². The highest BCUT2D eigenvalue weighted by molar-refractivity contribution is 7.90. The Morgan fingerprint density at radius 3 is 2.39 bits per heavy atom. The van der Waals surface area contributed by atoms with Crippen molar-refractivity contribution in [3.63, 3.8) is 0 Å². The summed E-state index contributed by atoms with van der Waals surface area (Å²) >= 11 is 5.86. The third-order valence-corrected chi connectivity index (χ3v) is 6.77. The van der Waals surface area contributed by atoms with Crippen molar-refractivity contribution in [3.05, 3.63) is 86.9 Å². The molecule has 2 amide bonds. The molecule has 0 saturated heterocycles. The number of anilines is 2. The zero-order chi connectivity index (χ0) is 24.2. The number of halogens is 1. The largest absolute Gasteiger partial charge is 0.494 e. The number of benzene rings is 3. The third kappa shape index (κ3) is 5.99. The molecule has 0 atom stereocenters. The van der Waals surface area contributed by atoms with Crippen LogP contribution in [-0.4, -0.2) is 26.5 Å². The quantitative estimate of drug-likeness (QED) is 0.347. The summed E-state index contributed by atoms with van der Waals surface area (Å²) < 4.78 is 31.0. The van der Waals surface area contributed by atoms with Crippen LogP contribution in [0, 0.1) is 17.0 Å². The minimum absolute atomic E-state index is 0.0863. The van der Waals surface area contributed by atoms with Gasteiger partial charge in [-0.05, 0) is 48.4 Å². The number of amides is 2. The van der Waals surface area contributed by atoms with E-state index in [2.05, 4.69) is 10.6 Å². The smallest absolute Gasteiger partial charge is 0.323 e. The summed E-state index contributed by atoms with van der Waals surface area (Å²) in [6, 6.07) is 14.1. The molecule has 0 saturated carbocycles. The number of methoxy groups -OCH3 is 1. The number of sulfone groups is 1. The molecular formula is C22H20ClN3O6S. The number of hydrogen-bond donors (Lipinski definition) is 2. The van der Waals surface area contributed by atoms with Gasteiger partial charge in [0, 0.05) is 16.8 Å². The van der Waals surface area contributed by atoms with E-state index >= 15 is 0 Å². The molecule has 0 fully saturated rings. The third-order valence-electron chi connectivity index (χ3n) is 4.70. The molecule has 2 N–H and O–H groups in total. The molecule has 0 aromatic heterocycles. The van der Waals surface area contributed by atoms with Gasteiger partial charge in [-0.15, -0.1) is 0 Å². The van der Waals surface area contributed by atoms with Gasteiger partial charge in [-0.25, -0.2) is 13.2 Å². The summed E-state index contributed by atoms with van der Waals surface area (Å²) in [5.74, 6) is -0.116. The van der Waals surface area contributed by atoms with Gasteiger partial charge in [0.2, 0.25) is 0 Å². The second-order valence-corrected chi connectivity index (χ2v) is 9.48. The van der Waals surface area contributed by atoms with E-state index in [0.717, 1.165) is 0 Å². The Balaban J connectivity index is 1.78. The van der Waals surface area contributed by atoms with E-state index in [-0.39, 0.29) is 33.5 Å². The second-order valence-electron chi connectivity index (χ2n) is 7.09. The minimum Gasteiger partial charge on any atom is -0.494 e. The standard InChI is InChI=1S/C22H20ClN3O6S/c1-14-3-8-17(11-21(14)33(30,31)13-15-4-6-16(23)7-5-15)24-22(27)25-19-10-9-18(26(28)29)12-20(19)32-2/h3-12H,13H2,1-2H3,(H2,24,25,27). The molecule has 3 rings (SSSR count). The zero-order valence-corrected chi connectivity index (χ0v) is 19.2. The number of ether oxygens (including phenoxy) is 1. The van der Waals surface area contributed by atoms with Crippen molar-refractivity contribution in [2.24, 2.45) is 0 Å². The maximum Gasteiger partial charge on any atom is 0.323 e. The van der Waals surface area contributed by atoms with Crippen LogP contribution >= 0.6 is 11.6 Å². The molecular weight excluding hydrogens is 470 g/mol. The monoisotopic (exact) mass is 489 g/mol. The van der Waals surface area contributed by atoms with Gasteiger partial charge >= 0.3 is 6.03 Å². The number of rotatable bonds is 7. The number of nitro groups is 1. The molecule has 0 heterocycles. The van der Waals surface area contributed by atoms with Crippen LogP contribution in [0.25, 0.3) is 0 Å². The van der Waals surface area contributed by atoms with Crippen LogP contribution in [0.3, 0.4) is 0 Å². The van der Waals surface area contributed by atoms with E-state index in [1.165, 1.54) is 31.4 Å². The van der Waals surface area contributed by atoms with Crippen molar-refractivity contribution in [1.29, 1.82) is 0 Å². The van der Waals surface area contributed by atoms with Gasteiger partial charge in [-0.2, -0.15) is 0 Å². The van der Waals surface area contributed by atoms with Gasteiger partial charge in [0.1, 0.15) is 5.75 Å². The predicted octanol–water partition coefficient (Wildman–Crippen LogP) is 5.18. The highest BCUT2D eigenvalue weighted by Crippen LogP contribution is 2.29. The molecule has 3 aromatic carbocycles. The lowest BCUT2D eigenvalue weighted by Crippen LogP contribution is -2.20. The van der Waals surface area contributed by atoms with Crippen molar-refractivity contribution in [3.8, 4) is 5.75 Å². The van der Waals surface area contributed by atoms with E-state index in [1.54, 1.807) is 43.3 Å².